The van der Waals surface area contributed by atoms with Gasteiger partial charge in [0.15, 0.2) is 11.5 Å². The van der Waals surface area contributed by atoms with Gasteiger partial charge in [0.2, 0.25) is 0 Å². The molecule has 0 spiro atoms. The number of carbonyl (C=O) groups is 1. The number of nitrogens with one attached hydrogen (secondary N) is 2. The molecular formula is C24H24N2O5S. The van der Waals surface area contributed by atoms with Crippen LogP contribution in [0.4, 0.5) is 5.69 Å². The average molecular weight is 453 g/mol. The van der Waals surface area contributed by atoms with Crippen molar-refractivity contribution in [2.45, 2.75) is 24.8 Å². The van der Waals surface area contributed by atoms with E-state index >= 15 is 0 Å². The molecule has 1 amide bonds. The van der Waals surface area contributed by atoms with Gasteiger partial charge in [0.25, 0.3) is 15.9 Å². The third-order valence-corrected chi connectivity index (χ3v) is 6.59. The van der Waals surface area contributed by atoms with Gasteiger partial charge >= 0.3 is 0 Å². The lowest BCUT2D eigenvalue weighted by molar-refractivity contribution is 0.0789. The van der Waals surface area contributed by atoms with Gasteiger partial charge in [-0.2, -0.15) is 0 Å². The Labute approximate surface area is 187 Å². The fourth-order valence-electron chi connectivity index (χ4n) is 3.42. The van der Waals surface area contributed by atoms with Gasteiger partial charge in [-0.25, -0.2) is 8.42 Å². The number of aryl methyl sites for hydroxylation is 2. The van der Waals surface area contributed by atoms with E-state index in [9.17, 15) is 13.2 Å². The third kappa shape index (κ3) is 4.86. The highest BCUT2D eigenvalue weighted by molar-refractivity contribution is 7.92. The molecule has 1 aliphatic heterocycles. The number of rotatable bonds is 6. The highest BCUT2D eigenvalue weighted by atomic mass is 32.2. The second kappa shape index (κ2) is 8.92. The normalized spacial score (nSPS) is 15.1. The lowest BCUT2D eigenvalue weighted by Crippen LogP contribution is -2.40. The zero-order chi connectivity index (χ0) is 22.7. The highest BCUT2D eigenvalue weighted by Gasteiger charge is 2.23. The summed E-state index contributed by atoms with van der Waals surface area (Å²) in [5, 5.41) is 2.80. The molecule has 4 rings (SSSR count). The highest BCUT2D eigenvalue weighted by Crippen LogP contribution is 2.30. The molecule has 32 heavy (non-hydrogen) atoms. The van der Waals surface area contributed by atoms with Crippen LogP contribution in [0, 0.1) is 13.8 Å². The Balaban J connectivity index is 1.45. The van der Waals surface area contributed by atoms with Gasteiger partial charge < -0.3 is 14.8 Å². The van der Waals surface area contributed by atoms with Crippen LogP contribution in [-0.4, -0.2) is 33.6 Å². The predicted molar refractivity (Wildman–Crippen MR) is 122 cm³/mol. The molecule has 7 nitrogen and oxygen atoms in total. The Morgan fingerprint density at radius 2 is 1.78 bits per heavy atom. The summed E-state index contributed by atoms with van der Waals surface area (Å²) in [6.45, 7) is 4.11. The fourth-order valence-corrected chi connectivity index (χ4v) is 4.74. The summed E-state index contributed by atoms with van der Waals surface area (Å²) in [7, 11) is -3.86. The number of amides is 1. The number of para-hydroxylation sites is 2. The lowest BCUT2D eigenvalue weighted by atomic mass is 10.1. The van der Waals surface area contributed by atoms with Crippen LogP contribution in [0.25, 0.3) is 0 Å². The molecular weight excluding hydrogens is 428 g/mol. The minimum absolute atomic E-state index is 0.0535. The SMILES string of the molecule is Cc1cccc(NS(=O)(=O)c2cc(C(=O)NC[C@@H]3COc4ccccc4O3)ccc2C)c1. The van der Waals surface area contributed by atoms with Gasteiger partial charge in [0.1, 0.15) is 12.7 Å². The zero-order valence-corrected chi connectivity index (χ0v) is 18.6. The standard InChI is InChI=1S/C24H24N2O5S/c1-16-6-5-7-19(12-16)26-32(28,29)23-13-18(11-10-17(23)2)24(27)25-14-20-15-30-21-8-3-4-9-22(21)31-20/h3-13,20,26H,14-15H2,1-2H3,(H,25,27)/t20-/m1/s1. The predicted octanol–water partition coefficient (Wildman–Crippen LogP) is 3.67. The van der Waals surface area contributed by atoms with Crippen molar-refractivity contribution in [1.82, 2.24) is 5.32 Å². The molecule has 0 radical (unpaired) electrons. The molecule has 0 saturated heterocycles. The number of sulfonamides is 1. The van der Waals surface area contributed by atoms with Crippen molar-refractivity contribution in [3.8, 4) is 11.5 Å². The summed E-state index contributed by atoms with van der Waals surface area (Å²) in [6, 6.07) is 19.0. The Morgan fingerprint density at radius 3 is 2.56 bits per heavy atom. The van der Waals surface area contributed by atoms with Gasteiger partial charge in [0.05, 0.1) is 11.4 Å². The van der Waals surface area contributed by atoms with Crippen LogP contribution >= 0.6 is 0 Å². The van der Waals surface area contributed by atoms with Crippen molar-refractivity contribution >= 4 is 21.6 Å². The third-order valence-electron chi connectivity index (χ3n) is 5.07. The van der Waals surface area contributed by atoms with E-state index in [1.165, 1.54) is 6.07 Å². The molecule has 0 bridgehead atoms. The van der Waals surface area contributed by atoms with E-state index in [1.807, 2.05) is 37.3 Å². The first-order valence-electron chi connectivity index (χ1n) is 10.2. The molecule has 0 unspecified atom stereocenters. The second-order valence-electron chi connectivity index (χ2n) is 7.66. The summed E-state index contributed by atoms with van der Waals surface area (Å²) >= 11 is 0. The molecule has 1 atom stereocenters. The van der Waals surface area contributed by atoms with Crippen molar-refractivity contribution in [3.63, 3.8) is 0 Å². The van der Waals surface area contributed by atoms with Crippen molar-refractivity contribution in [3.05, 3.63) is 83.4 Å². The van der Waals surface area contributed by atoms with E-state index in [0.717, 1.165) is 5.56 Å². The van der Waals surface area contributed by atoms with Crippen LogP contribution in [0.3, 0.4) is 0 Å². The van der Waals surface area contributed by atoms with E-state index in [2.05, 4.69) is 10.0 Å². The van der Waals surface area contributed by atoms with Crippen LogP contribution in [0.15, 0.2) is 71.6 Å². The number of anilines is 1. The quantitative estimate of drug-likeness (QED) is 0.595. The number of hydrogen-bond donors (Lipinski definition) is 2. The second-order valence-corrected chi connectivity index (χ2v) is 9.31. The molecule has 0 saturated carbocycles. The maximum absolute atomic E-state index is 13.0. The maximum Gasteiger partial charge on any atom is 0.262 e. The van der Waals surface area contributed by atoms with Gasteiger partial charge in [-0.3, -0.25) is 9.52 Å². The minimum Gasteiger partial charge on any atom is -0.486 e. The summed E-state index contributed by atoms with van der Waals surface area (Å²) in [5.41, 5.74) is 2.19. The smallest absolute Gasteiger partial charge is 0.262 e. The molecule has 1 heterocycles. The van der Waals surface area contributed by atoms with Crippen molar-refractivity contribution in [1.29, 1.82) is 0 Å². The molecule has 0 aromatic heterocycles. The van der Waals surface area contributed by atoms with Crippen LogP contribution in [-0.2, 0) is 10.0 Å². The van der Waals surface area contributed by atoms with Crippen LogP contribution < -0.4 is 19.5 Å². The molecule has 2 N–H and O–H groups in total. The van der Waals surface area contributed by atoms with Crippen LogP contribution in [0.2, 0.25) is 0 Å². The van der Waals surface area contributed by atoms with E-state index in [4.69, 9.17) is 9.47 Å². The Morgan fingerprint density at radius 1 is 1.00 bits per heavy atom. The molecule has 1 aliphatic rings. The Bertz CT molecular complexity index is 1260. The topological polar surface area (TPSA) is 93.7 Å². The lowest BCUT2D eigenvalue weighted by Gasteiger charge is -2.26. The first-order valence-corrected chi connectivity index (χ1v) is 11.7. The summed E-state index contributed by atoms with van der Waals surface area (Å²) in [6.07, 6.45) is -0.342. The maximum atomic E-state index is 13.0. The molecule has 3 aromatic rings. The van der Waals surface area contributed by atoms with Crippen molar-refractivity contribution in [2.75, 3.05) is 17.9 Å². The van der Waals surface area contributed by atoms with Crippen molar-refractivity contribution in [2.24, 2.45) is 0 Å². The summed E-state index contributed by atoms with van der Waals surface area (Å²) in [4.78, 5) is 12.8. The van der Waals surface area contributed by atoms with Crippen LogP contribution in [0.5, 0.6) is 11.5 Å². The number of ether oxygens (including phenoxy) is 2. The molecule has 8 heteroatoms. The van der Waals surface area contributed by atoms with Gasteiger partial charge in [-0.1, -0.05) is 30.3 Å². The first-order chi connectivity index (χ1) is 15.3. The number of fused-ring (bicyclic) bond motifs is 1. The van der Waals surface area contributed by atoms with Gasteiger partial charge in [-0.15, -0.1) is 0 Å². The molecule has 0 fully saturated rings. The molecule has 3 aromatic carbocycles. The summed E-state index contributed by atoms with van der Waals surface area (Å²) in [5.74, 6) is 0.910. The van der Waals surface area contributed by atoms with E-state index in [1.54, 1.807) is 37.3 Å². The average Bonchev–Trinajstić information content (AvgIpc) is 2.77. The van der Waals surface area contributed by atoms with Gasteiger partial charge in [-0.05, 0) is 61.4 Å². The summed E-state index contributed by atoms with van der Waals surface area (Å²) < 4.78 is 40.0. The van der Waals surface area contributed by atoms with E-state index < -0.39 is 10.0 Å². The number of benzene rings is 3. The Hall–Kier alpha value is -3.52. The molecule has 166 valence electrons. The van der Waals surface area contributed by atoms with Gasteiger partial charge in [0, 0.05) is 11.3 Å². The largest absolute Gasteiger partial charge is 0.486 e. The van der Waals surface area contributed by atoms with Crippen molar-refractivity contribution < 1.29 is 22.7 Å². The number of hydrogen-bond acceptors (Lipinski definition) is 5. The zero-order valence-electron chi connectivity index (χ0n) is 17.8. The monoisotopic (exact) mass is 452 g/mol. The van der Waals surface area contributed by atoms with Crippen LogP contribution in [0.1, 0.15) is 21.5 Å². The number of carbonyl (C=O) groups excluding carboxylic acids is 1. The van der Waals surface area contributed by atoms with E-state index in [0.29, 0.717) is 29.4 Å². The Kier molecular flexibility index (Phi) is 6.05. The van der Waals surface area contributed by atoms with E-state index in [-0.39, 0.29) is 29.0 Å². The molecule has 0 aliphatic carbocycles. The minimum atomic E-state index is -3.86. The fraction of sp³-hybridized carbons (Fsp3) is 0.208. The first kappa shape index (κ1) is 21.7.